The lowest BCUT2D eigenvalue weighted by Gasteiger charge is -2.30. The number of rotatable bonds is 6. The number of piperidine rings is 1. The molecule has 2 aromatic carbocycles. The number of H-pyrrole nitrogens is 2. The van der Waals surface area contributed by atoms with Crippen molar-refractivity contribution in [2.24, 2.45) is 11.8 Å². The number of aromatic amines is 2. The van der Waals surface area contributed by atoms with E-state index in [0.29, 0.717) is 35.5 Å². The molecule has 0 bridgehead atoms. The van der Waals surface area contributed by atoms with E-state index >= 15 is 0 Å². The zero-order valence-corrected chi connectivity index (χ0v) is 30.4. The van der Waals surface area contributed by atoms with Crippen LogP contribution in [0.5, 0.6) is 0 Å². The van der Waals surface area contributed by atoms with E-state index in [1.807, 2.05) is 50.1 Å². The molecule has 270 valence electrons. The average Bonchev–Trinajstić information content (AvgIpc) is 3.58. The van der Waals surface area contributed by atoms with Crippen molar-refractivity contribution in [1.29, 1.82) is 0 Å². The molecular formula is C40H45N7O5. The molecule has 1 aliphatic carbocycles. The maximum Gasteiger partial charge on any atom is 0.410 e. The van der Waals surface area contributed by atoms with E-state index in [4.69, 9.17) is 14.5 Å². The first-order valence-corrected chi connectivity index (χ1v) is 17.8. The maximum atomic E-state index is 13.6. The van der Waals surface area contributed by atoms with Crippen LogP contribution in [-0.4, -0.2) is 79.2 Å². The van der Waals surface area contributed by atoms with E-state index in [9.17, 15) is 14.4 Å². The largest absolute Gasteiger partial charge is 0.453 e. The lowest BCUT2D eigenvalue weighted by Crippen LogP contribution is -2.50. The second-order valence-electron chi connectivity index (χ2n) is 15.3. The summed E-state index contributed by atoms with van der Waals surface area (Å²) >= 11 is 0. The van der Waals surface area contributed by atoms with Crippen molar-refractivity contribution in [2.45, 2.75) is 83.6 Å². The molecule has 2 aromatic heterocycles. The Hall–Kier alpha value is -5.57. The summed E-state index contributed by atoms with van der Waals surface area (Å²) in [4.78, 5) is 58.3. The molecule has 0 spiro atoms. The van der Waals surface area contributed by atoms with Crippen LogP contribution in [0.4, 0.5) is 9.59 Å². The number of fused-ring (bicyclic) bond motifs is 2. The van der Waals surface area contributed by atoms with Crippen LogP contribution in [-0.2, 0) is 14.3 Å². The first-order chi connectivity index (χ1) is 24.8. The Labute approximate surface area is 303 Å². The average molecular weight is 704 g/mol. The summed E-state index contributed by atoms with van der Waals surface area (Å²) in [7, 11) is 1.27. The lowest BCUT2D eigenvalue weighted by molar-refractivity contribution is -0.134. The van der Waals surface area contributed by atoms with Gasteiger partial charge in [0.25, 0.3) is 0 Å². The minimum absolute atomic E-state index is 0.123. The Balaban J connectivity index is 1.04. The van der Waals surface area contributed by atoms with Gasteiger partial charge in [-0.1, -0.05) is 37.6 Å². The van der Waals surface area contributed by atoms with Crippen LogP contribution in [0.3, 0.4) is 0 Å². The molecule has 6 atom stereocenters. The fraction of sp³-hybridized carbons (Fsp3) is 0.425. The van der Waals surface area contributed by atoms with E-state index in [2.05, 4.69) is 63.8 Å². The fourth-order valence-corrected chi connectivity index (χ4v) is 7.42. The van der Waals surface area contributed by atoms with Gasteiger partial charge in [0.05, 0.1) is 31.1 Å². The predicted octanol–water partition coefficient (Wildman–Crippen LogP) is 6.63. The van der Waals surface area contributed by atoms with Crippen molar-refractivity contribution < 1.29 is 23.9 Å². The Kier molecular flexibility index (Phi) is 9.07. The molecule has 3 aliphatic rings. The second kappa shape index (κ2) is 13.5. The van der Waals surface area contributed by atoms with Crippen molar-refractivity contribution in [3.05, 3.63) is 83.9 Å². The molecule has 12 nitrogen and oxygen atoms in total. The lowest BCUT2D eigenvalue weighted by atomic mass is 10.0. The number of imidazole rings is 2. The molecule has 2 aliphatic heterocycles. The van der Waals surface area contributed by atoms with Crippen molar-refractivity contribution >= 4 is 28.9 Å². The molecule has 1 unspecified atom stereocenters. The Bertz CT molecular complexity index is 2120. The molecule has 3 N–H and O–H groups in total. The number of amides is 3. The third kappa shape index (κ3) is 7.13. The van der Waals surface area contributed by atoms with E-state index < -0.39 is 17.7 Å². The number of carbonyl (C=O) groups is 3. The van der Waals surface area contributed by atoms with E-state index in [1.54, 1.807) is 18.0 Å². The quantitative estimate of drug-likeness (QED) is 0.151. The zero-order chi connectivity index (χ0) is 36.9. The molecule has 4 aromatic rings. The Morgan fingerprint density at radius 3 is 2.56 bits per heavy atom. The molecule has 3 fully saturated rings. The number of ether oxygens (including phenoxy) is 2. The monoisotopic (exact) mass is 703 g/mol. The van der Waals surface area contributed by atoms with Crippen LogP contribution in [0, 0.1) is 23.7 Å². The minimum atomic E-state index is -0.873. The number of nitrogens with one attached hydrogen (secondary N) is 3. The van der Waals surface area contributed by atoms with Crippen molar-refractivity contribution in [2.75, 3.05) is 13.7 Å². The van der Waals surface area contributed by atoms with Crippen LogP contribution in [0.1, 0.15) is 88.9 Å². The zero-order valence-electron chi connectivity index (χ0n) is 30.4. The van der Waals surface area contributed by atoms with Gasteiger partial charge in [0.1, 0.15) is 29.0 Å². The van der Waals surface area contributed by atoms with Gasteiger partial charge in [-0.25, -0.2) is 19.6 Å². The minimum Gasteiger partial charge on any atom is -0.453 e. The predicted molar refractivity (Wildman–Crippen MR) is 196 cm³/mol. The number of hydrogen-bond acceptors (Lipinski definition) is 7. The highest BCUT2D eigenvalue weighted by atomic mass is 16.6. The smallest absolute Gasteiger partial charge is 0.410 e. The normalized spacial score (nSPS) is 22.7. The number of benzene rings is 2. The van der Waals surface area contributed by atoms with Crippen LogP contribution in [0.2, 0.25) is 0 Å². The second-order valence-corrected chi connectivity index (χ2v) is 15.3. The van der Waals surface area contributed by atoms with E-state index in [-0.39, 0.29) is 30.1 Å². The summed E-state index contributed by atoms with van der Waals surface area (Å²) < 4.78 is 10.4. The standard InChI is InChI=1S/C40H45N7O5/c1-22(2)34(45-38(49)51-7)37(48)47-31-17-28(31)18-33(47)36-41-19-29(43-36)13-9-24-8-10-26-16-27(12-11-25(26)15-24)30-20-42-35(44-30)32-14-23(3)21-46(32)39(50)52-40(4,5)6/h8,10-12,15-16,19-20,23,28,31-34H,1,14,17-18,21H2,2-7H3,(H,41,43)(H,42,44)(H,45,49)/t23-,28-,31?,32+,33+,34+/m1/s1. The van der Waals surface area contributed by atoms with Gasteiger partial charge in [0, 0.05) is 29.9 Å². The molecule has 4 heterocycles. The number of likely N-dealkylation sites (tertiary alicyclic amines) is 2. The number of alkyl carbamates (subject to hydrolysis) is 1. The molecule has 1 saturated carbocycles. The Morgan fingerprint density at radius 1 is 1.04 bits per heavy atom. The topological polar surface area (TPSA) is 146 Å². The third-order valence-corrected chi connectivity index (χ3v) is 9.99. The summed E-state index contributed by atoms with van der Waals surface area (Å²) in [6, 6.07) is 11.2. The Morgan fingerprint density at radius 2 is 1.81 bits per heavy atom. The van der Waals surface area contributed by atoms with Gasteiger partial charge < -0.3 is 29.7 Å². The highest BCUT2D eigenvalue weighted by Gasteiger charge is 2.56. The van der Waals surface area contributed by atoms with Crippen molar-refractivity contribution in [3.8, 4) is 23.1 Å². The first-order valence-electron chi connectivity index (χ1n) is 17.8. The van der Waals surface area contributed by atoms with Gasteiger partial charge >= 0.3 is 12.2 Å². The summed E-state index contributed by atoms with van der Waals surface area (Å²) in [5.74, 6) is 8.39. The van der Waals surface area contributed by atoms with E-state index in [1.165, 1.54) is 7.11 Å². The van der Waals surface area contributed by atoms with Crippen LogP contribution >= 0.6 is 0 Å². The van der Waals surface area contributed by atoms with Gasteiger partial charge in [-0.05, 0) is 99.3 Å². The molecular weight excluding hydrogens is 658 g/mol. The van der Waals surface area contributed by atoms with Gasteiger partial charge in [-0.3, -0.25) is 9.69 Å². The van der Waals surface area contributed by atoms with Gasteiger partial charge in [0.2, 0.25) is 5.91 Å². The molecule has 0 radical (unpaired) electrons. The van der Waals surface area contributed by atoms with Gasteiger partial charge in [-0.2, -0.15) is 0 Å². The highest BCUT2D eigenvalue weighted by Crippen LogP contribution is 2.53. The van der Waals surface area contributed by atoms with Crippen molar-refractivity contribution in [3.63, 3.8) is 0 Å². The molecule has 52 heavy (non-hydrogen) atoms. The SMILES string of the molecule is C=C(C)[C@H](NC(=O)OC)C(=O)N1C2C[C@@H]2C[C@H]1c1nc(C#Cc2ccc3cc(-c4cnc([C@@H]5C[C@@H](C)CN5C(=O)OC(C)(C)C)[nH]4)ccc3c2)c[nH]1. The summed E-state index contributed by atoms with van der Waals surface area (Å²) in [5.41, 5.74) is 3.28. The number of methoxy groups -OCH3 is 1. The van der Waals surface area contributed by atoms with Gasteiger partial charge in [-0.15, -0.1) is 0 Å². The molecule has 7 rings (SSSR count). The molecule has 2 saturated heterocycles. The number of hydrogen-bond donors (Lipinski definition) is 3. The summed E-state index contributed by atoms with van der Waals surface area (Å²) in [6.45, 7) is 14.0. The van der Waals surface area contributed by atoms with E-state index in [0.717, 1.165) is 52.7 Å². The number of aromatic nitrogens is 4. The number of nitrogens with zero attached hydrogens (tertiary/aromatic N) is 4. The first kappa shape index (κ1) is 34.9. The van der Waals surface area contributed by atoms with Crippen LogP contribution in [0.25, 0.3) is 22.0 Å². The van der Waals surface area contributed by atoms with Crippen LogP contribution < -0.4 is 5.32 Å². The molecule has 3 amide bonds. The fourth-order valence-electron chi connectivity index (χ4n) is 7.42. The van der Waals surface area contributed by atoms with Gasteiger partial charge in [0.15, 0.2) is 0 Å². The third-order valence-electron chi connectivity index (χ3n) is 9.99. The maximum absolute atomic E-state index is 13.6. The highest BCUT2D eigenvalue weighted by molar-refractivity contribution is 5.90. The van der Waals surface area contributed by atoms with Crippen molar-refractivity contribution in [1.82, 2.24) is 35.1 Å². The number of carbonyl (C=O) groups excluding carboxylic acids is 3. The summed E-state index contributed by atoms with van der Waals surface area (Å²) in [5, 5.41) is 4.73. The molecule has 12 heteroatoms. The van der Waals surface area contributed by atoms with Crippen LogP contribution in [0.15, 0.2) is 60.9 Å². The summed E-state index contributed by atoms with van der Waals surface area (Å²) in [6.07, 6.45) is 5.16.